The summed E-state index contributed by atoms with van der Waals surface area (Å²) < 4.78 is 5.63. The Bertz CT molecular complexity index is 743. The standard InChI is InChI=1S/C24H33ClO2/c1-16(26)27-17-7-12-24(4)21-6-5-20-18(8-10-22(20,2)13-14-25)19(21)9-11-23(24,3)15-17/h17,19,21H,5-12,15H2,1-4H3/t17-,19-,21+,22+,23+,24-/m1/s1. The molecule has 148 valence electrons. The van der Waals surface area contributed by atoms with Crippen molar-refractivity contribution in [3.05, 3.63) is 11.1 Å². The van der Waals surface area contributed by atoms with Gasteiger partial charge in [-0.2, -0.15) is 0 Å². The van der Waals surface area contributed by atoms with Gasteiger partial charge in [0.2, 0.25) is 0 Å². The van der Waals surface area contributed by atoms with Gasteiger partial charge in [-0.05, 0) is 99.0 Å². The number of esters is 1. The van der Waals surface area contributed by atoms with E-state index in [0.29, 0.717) is 5.41 Å². The van der Waals surface area contributed by atoms with Gasteiger partial charge >= 0.3 is 5.97 Å². The summed E-state index contributed by atoms with van der Waals surface area (Å²) in [5.74, 6) is 4.69. The first-order valence-corrected chi connectivity index (χ1v) is 11.1. The van der Waals surface area contributed by atoms with E-state index in [2.05, 4.69) is 32.1 Å². The molecule has 0 aromatic heterocycles. The normalized spacial score (nSPS) is 45.9. The molecule has 0 radical (unpaired) electrons. The molecule has 4 rings (SSSR count). The number of ether oxygens (including phenoxy) is 1. The average Bonchev–Trinajstić information content (AvgIpc) is 2.93. The van der Waals surface area contributed by atoms with Crippen molar-refractivity contribution in [2.75, 3.05) is 0 Å². The van der Waals surface area contributed by atoms with Crippen LogP contribution in [-0.2, 0) is 9.53 Å². The highest BCUT2D eigenvalue weighted by Gasteiger charge is 2.59. The Morgan fingerprint density at radius 2 is 1.89 bits per heavy atom. The first kappa shape index (κ1) is 19.4. The minimum absolute atomic E-state index is 0.0106. The summed E-state index contributed by atoms with van der Waals surface area (Å²) in [6.07, 6.45) is 10.7. The maximum absolute atomic E-state index is 11.5. The van der Waals surface area contributed by atoms with Crippen molar-refractivity contribution in [3.8, 4) is 11.3 Å². The third kappa shape index (κ3) is 2.88. The SMILES string of the molecule is CC(=O)O[C@@H]1CC[C@]2(C)[C@H]3CCC4=C(CC[C@@]4(C)C#CCl)[C@H]3CC[C@@]2(C)C1. The van der Waals surface area contributed by atoms with Gasteiger partial charge in [0.15, 0.2) is 0 Å². The van der Waals surface area contributed by atoms with Gasteiger partial charge in [-0.25, -0.2) is 0 Å². The molecule has 2 fully saturated rings. The molecule has 0 amide bonds. The quantitative estimate of drug-likeness (QED) is 0.302. The number of fused-ring (bicyclic) bond motifs is 4. The van der Waals surface area contributed by atoms with Crippen LogP contribution in [0.5, 0.6) is 0 Å². The Labute approximate surface area is 169 Å². The Morgan fingerprint density at radius 3 is 2.59 bits per heavy atom. The molecule has 3 heteroatoms. The number of carbonyl (C=O) groups is 1. The smallest absolute Gasteiger partial charge is 0.302 e. The minimum atomic E-state index is -0.126. The molecular formula is C24H33ClO2. The zero-order valence-electron chi connectivity index (χ0n) is 17.3. The lowest BCUT2D eigenvalue weighted by Gasteiger charge is -2.62. The highest BCUT2D eigenvalue weighted by molar-refractivity contribution is 6.30. The average molecular weight is 389 g/mol. The Balaban J connectivity index is 1.62. The van der Waals surface area contributed by atoms with E-state index in [9.17, 15) is 4.79 Å². The van der Waals surface area contributed by atoms with Gasteiger partial charge < -0.3 is 4.74 Å². The van der Waals surface area contributed by atoms with Crippen molar-refractivity contribution in [1.82, 2.24) is 0 Å². The van der Waals surface area contributed by atoms with Crippen LogP contribution >= 0.6 is 11.6 Å². The van der Waals surface area contributed by atoms with Crippen molar-refractivity contribution in [3.63, 3.8) is 0 Å². The van der Waals surface area contributed by atoms with Gasteiger partial charge in [-0.1, -0.05) is 30.9 Å². The van der Waals surface area contributed by atoms with Crippen LogP contribution in [-0.4, -0.2) is 12.1 Å². The van der Waals surface area contributed by atoms with Crippen LogP contribution in [0.15, 0.2) is 11.1 Å². The van der Waals surface area contributed by atoms with Crippen molar-refractivity contribution >= 4 is 17.6 Å². The number of hydrogen-bond acceptors (Lipinski definition) is 2. The summed E-state index contributed by atoms with van der Waals surface area (Å²) in [6.45, 7) is 8.86. The summed E-state index contributed by atoms with van der Waals surface area (Å²) in [5, 5.41) is 2.68. The predicted octanol–water partition coefficient (Wildman–Crippen LogP) is 6.23. The van der Waals surface area contributed by atoms with Gasteiger partial charge in [0.1, 0.15) is 6.10 Å². The van der Waals surface area contributed by atoms with E-state index in [4.69, 9.17) is 16.3 Å². The van der Waals surface area contributed by atoms with Crippen LogP contribution in [0.1, 0.15) is 85.5 Å². The number of rotatable bonds is 1. The summed E-state index contributed by atoms with van der Waals surface area (Å²) in [6, 6.07) is 0. The summed E-state index contributed by atoms with van der Waals surface area (Å²) in [7, 11) is 0. The van der Waals surface area contributed by atoms with E-state index in [1.54, 1.807) is 18.1 Å². The highest BCUT2D eigenvalue weighted by atomic mass is 35.5. The van der Waals surface area contributed by atoms with Crippen molar-refractivity contribution < 1.29 is 9.53 Å². The molecule has 0 bridgehead atoms. The molecule has 0 heterocycles. The zero-order valence-corrected chi connectivity index (χ0v) is 18.0. The van der Waals surface area contributed by atoms with Crippen LogP contribution < -0.4 is 0 Å². The van der Waals surface area contributed by atoms with Gasteiger partial charge in [0, 0.05) is 12.3 Å². The van der Waals surface area contributed by atoms with E-state index in [1.165, 1.54) is 38.5 Å². The summed E-state index contributed by atoms with van der Waals surface area (Å²) >= 11 is 5.80. The molecule has 2 saturated carbocycles. The monoisotopic (exact) mass is 388 g/mol. The molecule has 4 aliphatic carbocycles. The molecule has 0 saturated heterocycles. The fourth-order valence-corrected chi connectivity index (χ4v) is 7.65. The fraction of sp³-hybridized carbons (Fsp3) is 0.792. The van der Waals surface area contributed by atoms with Gasteiger partial charge in [-0.15, -0.1) is 0 Å². The largest absolute Gasteiger partial charge is 0.463 e. The molecule has 0 unspecified atom stereocenters. The number of hydrogen-bond donors (Lipinski definition) is 0. The van der Waals surface area contributed by atoms with E-state index in [1.807, 2.05) is 0 Å². The fourth-order valence-electron chi connectivity index (χ4n) is 7.44. The van der Waals surface area contributed by atoms with Crippen LogP contribution in [0.3, 0.4) is 0 Å². The maximum Gasteiger partial charge on any atom is 0.302 e. The molecular weight excluding hydrogens is 356 g/mol. The highest BCUT2D eigenvalue weighted by Crippen LogP contribution is 2.68. The molecule has 4 aliphatic rings. The van der Waals surface area contributed by atoms with E-state index < -0.39 is 0 Å². The lowest BCUT2D eigenvalue weighted by Crippen LogP contribution is -2.55. The number of carbonyl (C=O) groups excluding carboxylic acids is 1. The molecule has 0 aliphatic heterocycles. The van der Waals surface area contributed by atoms with Crippen molar-refractivity contribution in [2.45, 2.75) is 91.6 Å². The van der Waals surface area contributed by atoms with E-state index in [-0.39, 0.29) is 22.9 Å². The first-order valence-electron chi connectivity index (χ1n) is 10.7. The molecule has 0 aromatic carbocycles. The molecule has 0 N–H and O–H groups in total. The second-order valence-corrected chi connectivity index (χ2v) is 10.5. The Morgan fingerprint density at radius 1 is 1.11 bits per heavy atom. The third-order valence-electron chi connectivity index (χ3n) is 9.11. The molecule has 0 spiro atoms. The third-order valence-corrected chi connectivity index (χ3v) is 9.21. The Kier molecular flexibility index (Phi) is 4.70. The maximum atomic E-state index is 11.5. The second kappa shape index (κ2) is 6.55. The van der Waals surface area contributed by atoms with E-state index >= 15 is 0 Å². The summed E-state index contributed by atoms with van der Waals surface area (Å²) in [4.78, 5) is 11.5. The van der Waals surface area contributed by atoms with E-state index in [0.717, 1.165) is 31.1 Å². The van der Waals surface area contributed by atoms with Crippen molar-refractivity contribution in [2.24, 2.45) is 28.1 Å². The number of allylic oxidation sites excluding steroid dienone is 2. The molecule has 27 heavy (non-hydrogen) atoms. The lowest BCUT2D eigenvalue weighted by molar-refractivity contribution is -0.165. The van der Waals surface area contributed by atoms with Crippen LogP contribution in [0.2, 0.25) is 0 Å². The molecule has 2 nitrogen and oxygen atoms in total. The Hall–Kier alpha value is -0.940. The lowest BCUT2D eigenvalue weighted by atomic mass is 9.43. The first-order chi connectivity index (χ1) is 12.7. The minimum Gasteiger partial charge on any atom is -0.463 e. The predicted molar refractivity (Wildman–Crippen MR) is 109 cm³/mol. The van der Waals surface area contributed by atoms with Crippen LogP contribution in [0.25, 0.3) is 0 Å². The van der Waals surface area contributed by atoms with Gasteiger partial charge in [0.05, 0.1) is 5.41 Å². The second-order valence-electron chi connectivity index (χ2n) is 10.3. The molecule has 6 atom stereocenters. The van der Waals surface area contributed by atoms with Gasteiger partial charge in [0.25, 0.3) is 0 Å². The molecule has 0 aromatic rings. The topological polar surface area (TPSA) is 26.3 Å². The summed E-state index contributed by atoms with van der Waals surface area (Å²) in [5.41, 5.74) is 4.00. The number of halogens is 1. The van der Waals surface area contributed by atoms with Gasteiger partial charge in [-0.3, -0.25) is 4.79 Å². The zero-order chi connectivity index (χ0) is 19.4. The van der Waals surface area contributed by atoms with Crippen LogP contribution in [0.4, 0.5) is 0 Å². The van der Waals surface area contributed by atoms with Crippen molar-refractivity contribution in [1.29, 1.82) is 0 Å². The van der Waals surface area contributed by atoms with Crippen LogP contribution in [0, 0.1) is 39.4 Å².